The van der Waals surface area contributed by atoms with Crippen LogP contribution in [0.5, 0.6) is 0 Å². The Morgan fingerprint density at radius 1 is 0.956 bits per heavy atom. The van der Waals surface area contributed by atoms with E-state index in [2.05, 4.69) is 56.9 Å². The summed E-state index contributed by atoms with van der Waals surface area (Å²) in [6.45, 7) is 4.46. The smallest absolute Gasteiger partial charge is 0.475 e. The molecule has 1 spiro atoms. The quantitative estimate of drug-likeness (QED) is 0.371. The number of nitrogens with zero attached hydrogens (tertiary/aromatic N) is 4. The highest BCUT2D eigenvalue weighted by Crippen LogP contribution is 2.55. The summed E-state index contributed by atoms with van der Waals surface area (Å²) in [5.41, 5.74) is 4.50. The maximum absolute atomic E-state index is 13.7. The SMILES string of the molecule is Cc1cccc(CN2CCC3(CC4CCC3N4Cc3cn(C)c4ccccc34)C2=O)n1.O=C(O)C(F)(F)F.O=C(O)C(F)(F)F. The van der Waals surface area contributed by atoms with Gasteiger partial charge in [-0.15, -0.1) is 0 Å². The molecule has 3 aliphatic rings. The van der Waals surface area contributed by atoms with Crippen molar-refractivity contribution in [1.82, 2.24) is 19.4 Å². The standard InChI is InChI=1S/C26H30N4O.2C2HF3O2/c1-18-6-5-7-20(27-18)17-29-13-12-26(25(29)31)14-21-10-11-24(26)30(21)16-19-15-28(2)23-9-4-3-8-22(19)23;2*3-2(4,5)1(6)7/h3-9,15,21,24H,10-14,16-17H2,1-2H3;2*(H,6,7). The van der Waals surface area contributed by atoms with E-state index in [0.717, 1.165) is 43.7 Å². The fourth-order valence-corrected chi connectivity index (χ4v) is 6.68. The molecule has 3 saturated heterocycles. The van der Waals surface area contributed by atoms with Gasteiger partial charge in [-0.1, -0.05) is 24.3 Å². The first-order valence-electron chi connectivity index (χ1n) is 14.0. The topological polar surface area (TPSA) is 116 Å². The fourth-order valence-electron chi connectivity index (χ4n) is 6.68. The number of pyridine rings is 1. The molecule has 3 fully saturated rings. The number of aryl methyl sites for hydroxylation is 2. The number of fused-ring (bicyclic) bond motifs is 4. The number of alkyl halides is 6. The van der Waals surface area contributed by atoms with Crippen molar-refractivity contribution in [2.45, 2.75) is 70.1 Å². The van der Waals surface area contributed by atoms with Gasteiger partial charge in [0.2, 0.25) is 5.91 Å². The van der Waals surface area contributed by atoms with E-state index in [4.69, 9.17) is 19.8 Å². The lowest BCUT2D eigenvalue weighted by Crippen LogP contribution is -2.43. The molecule has 244 valence electrons. The summed E-state index contributed by atoms with van der Waals surface area (Å²) in [7, 11) is 2.13. The Hall–Kier alpha value is -4.14. The van der Waals surface area contributed by atoms with Gasteiger partial charge in [-0.25, -0.2) is 9.59 Å². The van der Waals surface area contributed by atoms with Gasteiger partial charge in [0.25, 0.3) is 0 Å². The molecule has 9 nitrogen and oxygen atoms in total. The largest absolute Gasteiger partial charge is 0.490 e. The van der Waals surface area contributed by atoms with Crippen LogP contribution in [0.1, 0.15) is 42.6 Å². The third-order valence-corrected chi connectivity index (χ3v) is 8.54. The van der Waals surface area contributed by atoms with Crippen molar-refractivity contribution in [2.75, 3.05) is 6.54 Å². The number of carboxylic acid groups (broad SMARTS) is 2. The number of aromatic nitrogens is 2. The van der Waals surface area contributed by atoms with Crippen LogP contribution in [0.3, 0.4) is 0 Å². The predicted octanol–water partition coefficient (Wildman–Crippen LogP) is 5.30. The second kappa shape index (κ2) is 12.7. The van der Waals surface area contributed by atoms with E-state index >= 15 is 0 Å². The molecular weight excluding hydrogens is 610 g/mol. The van der Waals surface area contributed by atoms with Crippen molar-refractivity contribution in [3.05, 3.63) is 65.6 Å². The first-order valence-corrected chi connectivity index (χ1v) is 14.0. The van der Waals surface area contributed by atoms with Crippen molar-refractivity contribution >= 4 is 28.7 Å². The second-order valence-electron chi connectivity index (χ2n) is 11.4. The number of likely N-dealkylation sites (tertiary alicyclic amines) is 1. The summed E-state index contributed by atoms with van der Waals surface area (Å²) in [6, 6.07) is 15.7. The Kier molecular flexibility index (Phi) is 9.52. The molecule has 2 N–H and O–H groups in total. The lowest BCUT2D eigenvalue weighted by molar-refractivity contribution is -0.193. The van der Waals surface area contributed by atoms with Crippen LogP contribution >= 0.6 is 0 Å². The van der Waals surface area contributed by atoms with E-state index in [1.54, 1.807) is 0 Å². The van der Waals surface area contributed by atoms with Gasteiger partial charge in [-0.05, 0) is 56.4 Å². The molecule has 3 atom stereocenters. The molecule has 3 aliphatic heterocycles. The first kappa shape index (κ1) is 33.7. The zero-order chi connectivity index (χ0) is 33.3. The average molecular weight is 643 g/mol. The number of rotatable bonds is 4. The van der Waals surface area contributed by atoms with Crippen molar-refractivity contribution in [3.8, 4) is 0 Å². The molecule has 3 unspecified atom stereocenters. The van der Waals surface area contributed by atoms with Crippen LogP contribution < -0.4 is 0 Å². The molecule has 0 saturated carbocycles. The number of aliphatic carboxylic acids is 2. The van der Waals surface area contributed by atoms with Crippen LogP contribution in [0.25, 0.3) is 10.9 Å². The number of carbonyl (C=O) groups is 3. The summed E-state index contributed by atoms with van der Waals surface area (Å²) < 4.78 is 65.7. The Morgan fingerprint density at radius 2 is 1.58 bits per heavy atom. The molecule has 1 aromatic carbocycles. The summed E-state index contributed by atoms with van der Waals surface area (Å²) in [4.78, 5) is 40.8. The Morgan fingerprint density at radius 3 is 2.18 bits per heavy atom. The second-order valence-corrected chi connectivity index (χ2v) is 11.4. The zero-order valence-electron chi connectivity index (χ0n) is 24.4. The van der Waals surface area contributed by atoms with Gasteiger partial charge in [0, 0.05) is 55.0 Å². The summed E-state index contributed by atoms with van der Waals surface area (Å²) in [6.07, 6.45) is -3.49. The molecule has 2 bridgehead atoms. The molecule has 1 amide bonds. The van der Waals surface area contributed by atoms with Crippen molar-refractivity contribution < 1.29 is 50.9 Å². The molecule has 3 aromatic rings. The molecule has 6 rings (SSSR count). The zero-order valence-corrected chi connectivity index (χ0v) is 24.4. The van der Waals surface area contributed by atoms with Gasteiger partial charge in [0.1, 0.15) is 0 Å². The van der Waals surface area contributed by atoms with E-state index in [0.29, 0.717) is 24.5 Å². The molecule has 45 heavy (non-hydrogen) atoms. The minimum absolute atomic E-state index is 0.183. The number of hydrogen-bond donors (Lipinski definition) is 2. The minimum Gasteiger partial charge on any atom is -0.475 e. The summed E-state index contributed by atoms with van der Waals surface area (Å²) in [5, 5.41) is 15.6. The molecule has 0 aliphatic carbocycles. The van der Waals surface area contributed by atoms with Crippen LogP contribution in [0.2, 0.25) is 0 Å². The summed E-state index contributed by atoms with van der Waals surface area (Å²) in [5.74, 6) is -5.15. The Bertz CT molecular complexity index is 1550. The monoisotopic (exact) mass is 642 g/mol. The van der Waals surface area contributed by atoms with Gasteiger partial charge >= 0.3 is 24.3 Å². The van der Waals surface area contributed by atoms with Crippen molar-refractivity contribution in [3.63, 3.8) is 0 Å². The number of benzene rings is 1. The third kappa shape index (κ3) is 7.24. The number of hydrogen-bond acceptors (Lipinski definition) is 5. The van der Waals surface area contributed by atoms with Crippen molar-refractivity contribution in [2.24, 2.45) is 12.5 Å². The maximum Gasteiger partial charge on any atom is 0.490 e. The number of halogens is 6. The summed E-state index contributed by atoms with van der Waals surface area (Å²) >= 11 is 0. The van der Waals surface area contributed by atoms with E-state index in [9.17, 15) is 31.1 Å². The first-order chi connectivity index (χ1) is 20.9. The fraction of sp³-hybridized carbons (Fsp3) is 0.467. The van der Waals surface area contributed by atoms with E-state index < -0.39 is 24.3 Å². The van der Waals surface area contributed by atoms with Gasteiger partial charge in [0.05, 0.1) is 17.7 Å². The highest BCUT2D eigenvalue weighted by Gasteiger charge is 2.62. The predicted molar refractivity (Wildman–Crippen MR) is 149 cm³/mol. The van der Waals surface area contributed by atoms with Gasteiger partial charge in [-0.2, -0.15) is 26.3 Å². The Labute approximate surface area is 254 Å². The van der Waals surface area contributed by atoms with Gasteiger partial charge in [0.15, 0.2) is 0 Å². The third-order valence-electron chi connectivity index (χ3n) is 8.54. The molecule has 5 heterocycles. The van der Waals surface area contributed by atoms with Crippen LogP contribution in [-0.2, 0) is 34.5 Å². The Balaban J connectivity index is 0.000000277. The van der Waals surface area contributed by atoms with E-state index in [1.165, 1.54) is 22.9 Å². The van der Waals surface area contributed by atoms with Crippen LogP contribution in [0.4, 0.5) is 26.3 Å². The van der Waals surface area contributed by atoms with E-state index in [1.807, 2.05) is 25.1 Å². The highest BCUT2D eigenvalue weighted by molar-refractivity contribution is 5.87. The van der Waals surface area contributed by atoms with E-state index in [-0.39, 0.29) is 5.41 Å². The van der Waals surface area contributed by atoms with Gasteiger partial charge in [-0.3, -0.25) is 14.7 Å². The number of amides is 1. The van der Waals surface area contributed by atoms with Gasteiger partial charge < -0.3 is 19.7 Å². The highest BCUT2D eigenvalue weighted by atomic mass is 19.4. The number of carboxylic acids is 2. The van der Waals surface area contributed by atoms with Crippen molar-refractivity contribution in [1.29, 1.82) is 0 Å². The maximum atomic E-state index is 13.7. The van der Waals surface area contributed by atoms with Crippen LogP contribution in [-0.4, -0.2) is 78.4 Å². The number of para-hydroxylation sites is 1. The lowest BCUT2D eigenvalue weighted by Gasteiger charge is -2.32. The normalized spacial score (nSPS) is 22.8. The lowest BCUT2D eigenvalue weighted by atomic mass is 9.72. The number of carbonyl (C=O) groups excluding carboxylic acids is 1. The molecule has 0 radical (unpaired) electrons. The molecular formula is C30H32F6N4O5. The molecule has 15 heteroatoms. The minimum atomic E-state index is -5.08. The van der Waals surface area contributed by atoms with Crippen LogP contribution in [0, 0.1) is 12.3 Å². The van der Waals surface area contributed by atoms with Crippen LogP contribution in [0.15, 0.2) is 48.7 Å². The average Bonchev–Trinajstić information content (AvgIpc) is 3.67. The molecule has 2 aromatic heterocycles.